The number of alkyl halides is 2. The van der Waals surface area contributed by atoms with Gasteiger partial charge >= 0.3 is 0 Å². The lowest BCUT2D eigenvalue weighted by molar-refractivity contribution is 0.102. The van der Waals surface area contributed by atoms with E-state index in [1.165, 1.54) is 23.5 Å². The lowest BCUT2D eigenvalue weighted by Gasteiger charge is -2.09. The highest BCUT2D eigenvalue weighted by Gasteiger charge is 2.16. The quantitative estimate of drug-likeness (QED) is 0.269. The molecule has 0 aliphatic heterocycles. The summed E-state index contributed by atoms with van der Waals surface area (Å²) in [4.78, 5) is 22.7. The van der Waals surface area contributed by atoms with Gasteiger partial charge in [0.05, 0.1) is 27.0 Å². The number of para-hydroxylation sites is 1. The number of rotatable bonds is 5. The molecule has 0 spiro atoms. The van der Waals surface area contributed by atoms with Crippen LogP contribution in [0.5, 0.6) is 0 Å². The second kappa shape index (κ2) is 8.84. The molecule has 0 aliphatic rings. The molecule has 5 rings (SSSR count). The van der Waals surface area contributed by atoms with Gasteiger partial charge in [-0.3, -0.25) is 10.1 Å². The van der Waals surface area contributed by atoms with Crippen molar-refractivity contribution < 1.29 is 18.0 Å². The molecule has 33 heavy (non-hydrogen) atoms. The highest BCUT2D eigenvalue weighted by Crippen LogP contribution is 2.33. The van der Waals surface area contributed by atoms with Gasteiger partial charge in [0, 0.05) is 15.8 Å². The van der Waals surface area contributed by atoms with Crippen molar-refractivity contribution in [2.24, 2.45) is 0 Å². The number of thioether (sulfide) groups is 1. The first kappa shape index (κ1) is 21.4. The van der Waals surface area contributed by atoms with Crippen LogP contribution in [0.4, 0.5) is 18.3 Å². The highest BCUT2D eigenvalue weighted by atomic mass is 32.2. The van der Waals surface area contributed by atoms with Gasteiger partial charge in [-0.25, -0.2) is 14.4 Å². The minimum Gasteiger partial charge on any atom is -0.298 e. The number of aromatic nitrogens is 2. The third kappa shape index (κ3) is 4.55. The van der Waals surface area contributed by atoms with Gasteiger partial charge in [-0.05, 0) is 54.6 Å². The molecule has 2 aromatic heterocycles. The second-order valence-corrected chi connectivity index (χ2v) is 9.15. The summed E-state index contributed by atoms with van der Waals surface area (Å²) in [6, 6.07) is 19.7. The Balaban J connectivity index is 1.50. The smallest absolute Gasteiger partial charge is 0.288 e. The Morgan fingerprint density at radius 2 is 1.73 bits per heavy atom. The van der Waals surface area contributed by atoms with Gasteiger partial charge in [-0.15, -0.1) is 0 Å². The van der Waals surface area contributed by atoms with Gasteiger partial charge in [0.1, 0.15) is 5.82 Å². The van der Waals surface area contributed by atoms with Crippen LogP contribution in [-0.4, -0.2) is 21.6 Å². The van der Waals surface area contributed by atoms with Crippen LogP contribution >= 0.6 is 23.1 Å². The SMILES string of the molecule is O=C(Nc1nc2ccc(SC(F)F)cc2s1)c1cc(-c2ccc(F)cc2)nc2ccccc12. The first-order valence-corrected chi connectivity index (χ1v) is 11.5. The van der Waals surface area contributed by atoms with E-state index >= 15 is 0 Å². The number of hydrogen-bond donors (Lipinski definition) is 1. The Hall–Kier alpha value is -3.43. The monoisotopic (exact) mass is 481 g/mol. The van der Waals surface area contributed by atoms with Crippen molar-refractivity contribution >= 4 is 55.3 Å². The van der Waals surface area contributed by atoms with Crippen LogP contribution in [0.3, 0.4) is 0 Å². The average Bonchev–Trinajstić information content (AvgIpc) is 3.19. The fourth-order valence-corrected chi connectivity index (χ4v) is 4.94. The number of nitrogens with zero attached hydrogens (tertiary/aromatic N) is 2. The molecule has 9 heteroatoms. The predicted molar refractivity (Wildman–Crippen MR) is 127 cm³/mol. The predicted octanol–water partition coefficient (Wildman–Crippen LogP) is 7.22. The molecule has 0 unspecified atom stereocenters. The van der Waals surface area contributed by atoms with Crippen molar-refractivity contribution in [2.75, 3.05) is 5.32 Å². The Bertz CT molecular complexity index is 1490. The van der Waals surface area contributed by atoms with E-state index in [-0.39, 0.29) is 11.7 Å². The van der Waals surface area contributed by atoms with Gasteiger partial charge in [-0.1, -0.05) is 41.3 Å². The number of hydrogen-bond acceptors (Lipinski definition) is 5. The normalized spacial score (nSPS) is 11.4. The summed E-state index contributed by atoms with van der Waals surface area (Å²) >= 11 is 1.67. The second-order valence-electron chi connectivity index (χ2n) is 7.06. The summed E-state index contributed by atoms with van der Waals surface area (Å²) in [7, 11) is 0. The minimum atomic E-state index is -2.51. The fraction of sp³-hybridized carbons (Fsp3) is 0.0417. The molecule has 0 atom stereocenters. The first-order chi connectivity index (χ1) is 16.0. The van der Waals surface area contributed by atoms with Crippen molar-refractivity contribution in [2.45, 2.75) is 10.7 Å². The van der Waals surface area contributed by atoms with Crippen molar-refractivity contribution in [1.29, 1.82) is 0 Å². The minimum absolute atomic E-state index is 0.358. The van der Waals surface area contributed by atoms with E-state index in [1.807, 2.05) is 12.1 Å². The zero-order valence-electron chi connectivity index (χ0n) is 16.8. The molecule has 0 aliphatic carbocycles. The standard InChI is InChI=1S/C24H14F3N3OS2/c25-14-7-5-13(6-8-14)20-12-17(16-3-1-2-4-18(16)28-20)22(31)30-24-29-19-10-9-15(32-23(26)27)11-21(19)33-24/h1-12,23H,(H,29,30,31). The maximum Gasteiger partial charge on any atom is 0.288 e. The van der Waals surface area contributed by atoms with Crippen LogP contribution in [0.1, 0.15) is 10.4 Å². The molecule has 4 nitrogen and oxygen atoms in total. The maximum absolute atomic E-state index is 13.4. The average molecular weight is 482 g/mol. The van der Waals surface area contributed by atoms with E-state index in [0.717, 1.165) is 0 Å². The lowest BCUT2D eigenvalue weighted by atomic mass is 10.0. The van der Waals surface area contributed by atoms with Crippen LogP contribution in [0, 0.1) is 5.82 Å². The van der Waals surface area contributed by atoms with E-state index in [2.05, 4.69) is 15.3 Å². The van der Waals surface area contributed by atoms with E-state index in [9.17, 15) is 18.0 Å². The van der Waals surface area contributed by atoms with Crippen LogP contribution in [0.15, 0.2) is 77.7 Å². The molecule has 0 saturated carbocycles. The zero-order chi connectivity index (χ0) is 22.9. The summed E-state index contributed by atoms with van der Waals surface area (Å²) in [5.74, 6) is -3.24. The first-order valence-electron chi connectivity index (χ1n) is 9.79. The molecule has 1 N–H and O–H groups in total. The molecule has 2 heterocycles. The number of nitrogens with one attached hydrogen (secondary N) is 1. The van der Waals surface area contributed by atoms with Gasteiger partial charge in [-0.2, -0.15) is 8.78 Å². The van der Waals surface area contributed by atoms with Crippen molar-refractivity contribution in [3.63, 3.8) is 0 Å². The van der Waals surface area contributed by atoms with Gasteiger partial charge < -0.3 is 0 Å². The van der Waals surface area contributed by atoms with Crippen molar-refractivity contribution in [3.8, 4) is 11.3 Å². The summed E-state index contributed by atoms with van der Waals surface area (Å²) in [5.41, 5.74) is 2.85. The molecule has 1 amide bonds. The summed E-state index contributed by atoms with van der Waals surface area (Å²) in [6.45, 7) is 0. The van der Waals surface area contributed by atoms with Crippen LogP contribution in [-0.2, 0) is 0 Å². The van der Waals surface area contributed by atoms with Crippen molar-refractivity contribution in [3.05, 3.63) is 84.2 Å². The maximum atomic E-state index is 13.4. The van der Waals surface area contributed by atoms with E-state index in [4.69, 9.17) is 0 Å². The molecule has 0 saturated heterocycles. The summed E-state index contributed by atoms with van der Waals surface area (Å²) in [6.07, 6.45) is 0. The molecule has 3 aromatic carbocycles. The Morgan fingerprint density at radius 3 is 2.52 bits per heavy atom. The largest absolute Gasteiger partial charge is 0.298 e. The third-order valence-electron chi connectivity index (χ3n) is 4.91. The number of pyridine rings is 1. The molecule has 0 radical (unpaired) electrons. The number of amides is 1. The summed E-state index contributed by atoms with van der Waals surface area (Å²) in [5, 5.41) is 3.84. The molecular formula is C24H14F3N3OS2. The number of thiazole rings is 1. The topological polar surface area (TPSA) is 54.9 Å². The van der Waals surface area contributed by atoms with E-state index in [0.29, 0.717) is 59.7 Å². The molecule has 5 aromatic rings. The molecule has 0 bridgehead atoms. The number of carbonyl (C=O) groups excluding carboxylic acids is 1. The van der Waals surface area contributed by atoms with E-state index in [1.54, 1.807) is 48.5 Å². The number of anilines is 1. The lowest BCUT2D eigenvalue weighted by Crippen LogP contribution is -2.13. The Labute approximate surface area is 194 Å². The van der Waals surface area contributed by atoms with Crippen LogP contribution in [0.2, 0.25) is 0 Å². The third-order valence-corrected chi connectivity index (χ3v) is 6.54. The Morgan fingerprint density at radius 1 is 0.939 bits per heavy atom. The van der Waals surface area contributed by atoms with Gasteiger partial charge in [0.15, 0.2) is 5.13 Å². The van der Waals surface area contributed by atoms with Gasteiger partial charge in [0.25, 0.3) is 11.7 Å². The number of carbonyl (C=O) groups is 1. The molecular weight excluding hydrogens is 467 g/mol. The number of benzene rings is 3. The van der Waals surface area contributed by atoms with Crippen LogP contribution < -0.4 is 5.32 Å². The molecule has 0 fully saturated rings. The number of halogens is 3. The van der Waals surface area contributed by atoms with E-state index < -0.39 is 5.76 Å². The van der Waals surface area contributed by atoms with Gasteiger partial charge in [0.2, 0.25) is 0 Å². The van der Waals surface area contributed by atoms with Crippen LogP contribution in [0.25, 0.3) is 32.4 Å². The summed E-state index contributed by atoms with van der Waals surface area (Å²) < 4.78 is 39.4. The zero-order valence-corrected chi connectivity index (χ0v) is 18.4. The molecule has 164 valence electrons. The highest BCUT2D eigenvalue weighted by molar-refractivity contribution is 7.99. The number of fused-ring (bicyclic) bond motifs is 2. The van der Waals surface area contributed by atoms with Crippen molar-refractivity contribution in [1.82, 2.24) is 9.97 Å². The fourth-order valence-electron chi connectivity index (χ4n) is 3.43. The Kier molecular flexibility index (Phi) is 5.74.